The van der Waals surface area contributed by atoms with Crippen molar-refractivity contribution in [2.24, 2.45) is 0 Å². The Morgan fingerprint density at radius 1 is 1.38 bits per heavy atom. The Balaban J connectivity index is 1.92. The van der Waals surface area contributed by atoms with Crippen LogP contribution >= 0.6 is 0 Å². The molecule has 1 saturated heterocycles. The van der Waals surface area contributed by atoms with Gasteiger partial charge in [-0.3, -0.25) is 4.79 Å². The van der Waals surface area contributed by atoms with Gasteiger partial charge < -0.3 is 19.0 Å². The number of anilines is 1. The van der Waals surface area contributed by atoms with Crippen LogP contribution in [0.3, 0.4) is 0 Å². The fraction of sp³-hybridized carbons (Fsp3) is 0.615. The first-order valence-corrected chi connectivity index (χ1v) is 7.06. The smallest absolute Gasteiger partial charge is 0.327 e. The number of nitrogens with zero attached hydrogens (tertiary/aromatic N) is 5. The summed E-state index contributed by atoms with van der Waals surface area (Å²) in [5, 5.41) is 4.44. The van der Waals surface area contributed by atoms with Gasteiger partial charge in [0.15, 0.2) is 0 Å². The monoisotopic (exact) mass is 293 g/mol. The number of carbonyl (C=O) groups is 1. The molecule has 0 N–H and O–H groups in total. The zero-order valence-corrected chi connectivity index (χ0v) is 12.5. The number of oxazole rings is 1. The average Bonchev–Trinajstić information content (AvgIpc) is 3.06. The van der Waals surface area contributed by atoms with E-state index in [1.54, 1.807) is 16.5 Å². The van der Waals surface area contributed by atoms with Crippen LogP contribution in [-0.2, 0) is 4.74 Å². The lowest BCUT2D eigenvalue weighted by molar-refractivity contribution is 0.0772. The molecular weight excluding hydrogens is 274 g/mol. The van der Waals surface area contributed by atoms with Crippen molar-refractivity contribution in [2.75, 3.05) is 44.8 Å². The molecule has 1 fully saturated rings. The van der Waals surface area contributed by atoms with Crippen LogP contribution in [0.15, 0.2) is 4.42 Å². The number of aryl methyl sites for hydroxylation is 1. The van der Waals surface area contributed by atoms with Gasteiger partial charge >= 0.3 is 5.84 Å². The van der Waals surface area contributed by atoms with Crippen LogP contribution in [0.2, 0.25) is 0 Å². The first kappa shape index (κ1) is 13.9. The first-order valence-electron chi connectivity index (χ1n) is 7.06. The summed E-state index contributed by atoms with van der Waals surface area (Å²) in [4.78, 5) is 20.2. The Morgan fingerprint density at radius 3 is 2.71 bits per heavy atom. The van der Waals surface area contributed by atoms with Gasteiger partial charge in [-0.1, -0.05) is 0 Å². The Morgan fingerprint density at radius 2 is 2.10 bits per heavy atom. The first-order chi connectivity index (χ1) is 10.1. The van der Waals surface area contributed by atoms with Crippen molar-refractivity contribution in [1.82, 2.24) is 19.5 Å². The van der Waals surface area contributed by atoms with Gasteiger partial charge in [0.1, 0.15) is 0 Å². The number of hydrogen-bond donors (Lipinski definition) is 0. The third kappa shape index (κ3) is 2.35. The molecule has 0 spiro atoms. The molecule has 8 nitrogen and oxygen atoms in total. The van der Waals surface area contributed by atoms with Gasteiger partial charge in [0.2, 0.25) is 11.7 Å². The highest BCUT2D eigenvalue weighted by Crippen LogP contribution is 2.19. The zero-order chi connectivity index (χ0) is 15.0. The highest BCUT2D eigenvalue weighted by Gasteiger charge is 2.24. The molecule has 0 atom stereocenters. The maximum Gasteiger partial charge on any atom is 0.327 e. The molecule has 1 aliphatic rings. The number of fused-ring (bicyclic) bond motifs is 1. The van der Waals surface area contributed by atoms with Crippen LogP contribution in [0.5, 0.6) is 0 Å². The number of aromatic nitrogens is 3. The maximum atomic E-state index is 12.2. The molecule has 0 radical (unpaired) electrons. The van der Waals surface area contributed by atoms with Gasteiger partial charge in [0, 0.05) is 26.7 Å². The van der Waals surface area contributed by atoms with Crippen molar-refractivity contribution in [1.29, 1.82) is 0 Å². The Kier molecular flexibility index (Phi) is 3.54. The summed E-state index contributed by atoms with van der Waals surface area (Å²) in [6, 6.07) is 0. The molecule has 114 valence electrons. The summed E-state index contributed by atoms with van der Waals surface area (Å²) in [5.41, 5.74) is 0.669. The van der Waals surface area contributed by atoms with Gasteiger partial charge in [-0.05, 0) is 13.8 Å². The van der Waals surface area contributed by atoms with E-state index in [9.17, 15) is 4.79 Å². The Hall–Kier alpha value is -2.09. The van der Waals surface area contributed by atoms with E-state index in [4.69, 9.17) is 9.15 Å². The van der Waals surface area contributed by atoms with E-state index >= 15 is 0 Å². The molecule has 0 aliphatic carbocycles. The van der Waals surface area contributed by atoms with E-state index in [0.29, 0.717) is 43.0 Å². The average molecular weight is 293 g/mol. The summed E-state index contributed by atoms with van der Waals surface area (Å²) in [5.74, 6) is 1.10. The summed E-state index contributed by atoms with van der Waals surface area (Å²) in [7, 11) is 1.74. The minimum absolute atomic E-state index is 0.157. The largest absolute Gasteiger partial charge is 0.416 e. The molecule has 2 aromatic heterocycles. The van der Waals surface area contributed by atoms with E-state index in [0.717, 1.165) is 13.1 Å². The highest BCUT2D eigenvalue weighted by molar-refractivity contribution is 5.92. The van der Waals surface area contributed by atoms with E-state index in [1.165, 1.54) is 0 Å². The van der Waals surface area contributed by atoms with Gasteiger partial charge in [0.25, 0.3) is 5.91 Å². The summed E-state index contributed by atoms with van der Waals surface area (Å²) >= 11 is 0. The standard InChI is InChI=1S/C13H19N5O3/c1-4-16(3)11(19)10-9(2)18-13(21-10)14-12(15-18)17-5-7-20-8-6-17/h4-8H2,1-3H3. The second-order valence-electron chi connectivity index (χ2n) is 5.04. The van der Waals surface area contributed by atoms with E-state index < -0.39 is 0 Å². The predicted octanol–water partition coefficient (Wildman–Crippen LogP) is 0.559. The number of amides is 1. The quantitative estimate of drug-likeness (QED) is 0.823. The van der Waals surface area contributed by atoms with Crippen molar-refractivity contribution in [3.05, 3.63) is 11.5 Å². The SMILES string of the molecule is CCN(C)C(=O)c1oc2nc(N3CCOCC3)nn2c1C. The summed E-state index contributed by atoms with van der Waals surface area (Å²) in [6.45, 7) is 7.21. The summed E-state index contributed by atoms with van der Waals surface area (Å²) in [6.07, 6.45) is 0. The topological polar surface area (TPSA) is 76.1 Å². The maximum absolute atomic E-state index is 12.2. The van der Waals surface area contributed by atoms with E-state index in [1.807, 2.05) is 18.7 Å². The molecule has 0 saturated carbocycles. The minimum Gasteiger partial charge on any atom is -0.416 e. The fourth-order valence-corrected chi connectivity index (χ4v) is 2.25. The van der Waals surface area contributed by atoms with Gasteiger partial charge in [-0.15, -0.1) is 5.10 Å². The van der Waals surface area contributed by atoms with Gasteiger partial charge in [0.05, 0.1) is 18.9 Å². The lowest BCUT2D eigenvalue weighted by Gasteiger charge is -2.25. The minimum atomic E-state index is -0.157. The van der Waals surface area contributed by atoms with Crippen molar-refractivity contribution in [3.8, 4) is 0 Å². The number of carbonyl (C=O) groups excluding carboxylic acids is 1. The Labute approximate surface area is 122 Å². The zero-order valence-electron chi connectivity index (χ0n) is 12.5. The second-order valence-corrected chi connectivity index (χ2v) is 5.04. The molecule has 1 aliphatic heterocycles. The van der Waals surface area contributed by atoms with Crippen LogP contribution < -0.4 is 4.90 Å². The van der Waals surface area contributed by atoms with Crippen molar-refractivity contribution in [3.63, 3.8) is 0 Å². The summed E-state index contributed by atoms with van der Waals surface area (Å²) < 4.78 is 12.5. The second kappa shape index (κ2) is 5.36. The van der Waals surface area contributed by atoms with Crippen molar-refractivity contribution in [2.45, 2.75) is 13.8 Å². The van der Waals surface area contributed by atoms with Crippen molar-refractivity contribution < 1.29 is 13.9 Å². The predicted molar refractivity (Wildman–Crippen MR) is 75.7 cm³/mol. The highest BCUT2D eigenvalue weighted by atomic mass is 16.5. The number of hydrogen-bond acceptors (Lipinski definition) is 6. The molecule has 8 heteroatoms. The lowest BCUT2D eigenvalue weighted by Crippen LogP contribution is -2.37. The molecule has 0 unspecified atom stereocenters. The van der Waals surface area contributed by atoms with E-state index in [2.05, 4.69) is 10.1 Å². The van der Waals surface area contributed by atoms with Crippen molar-refractivity contribution >= 4 is 17.7 Å². The molecule has 1 amide bonds. The molecule has 2 aromatic rings. The number of ether oxygens (including phenoxy) is 1. The van der Waals surface area contributed by atoms with Crippen LogP contribution in [0.1, 0.15) is 23.2 Å². The fourth-order valence-electron chi connectivity index (χ4n) is 2.25. The van der Waals surface area contributed by atoms with Gasteiger partial charge in [-0.2, -0.15) is 9.50 Å². The third-order valence-corrected chi connectivity index (χ3v) is 3.72. The molecule has 0 bridgehead atoms. The van der Waals surface area contributed by atoms with Gasteiger partial charge in [-0.25, -0.2) is 0 Å². The molecule has 3 rings (SSSR count). The molecule has 0 aromatic carbocycles. The Bertz CT molecular complexity index is 656. The lowest BCUT2D eigenvalue weighted by atomic mass is 10.3. The van der Waals surface area contributed by atoms with Crippen LogP contribution in [-0.4, -0.2) is 65.3 Å². The number of morpholine rings is 1. The third-order valence-electron chi connectivity index (χ3n) is 3.72. The van der Waals surface area contributed by atoms with Crippen LogP contribution in [0.4, 0.5) is 5.95 Å². The molecule has 3 heterocycles. The molecule has 21 heavy (non-hydrogen) atoms. The molecular formula is C13H19N5O3. The normalized spacial score (nSPS) is 15.7. The van der Waals surface area contributed by atoms with Crippen LogP contribution in [0.25, 0.3) is 5.84 Å². The van der Waals surface area contributed by atoms with E-state index in [-0.39, 0.29) is 5.91 Å². The number of rotatable bonds is 3. The van der Waals surface area contributed by atoms with Crippen LogP contribution in [0, 0.1) is 6.92 Å².